The highest BCUT2D eigenvalue weighted by atomic mass is 32.1. The zero-order valence-electron chi connectivity index (χ0n) is 32.8. The maximum atomic E-state index is 2.50. The van der Waals surface area contributed by atoms with E-state index in [-0.39, 0.29) is 5.41 Å². The van der Waals surface area contributed by atoms with Crippen molar-refractivity contribution in [1.82, 2.24) is 0 Å². The molecule has 0 N–H and O–H groups in total. The van der Waals surface area contributed by atoms with E-state index in [9.17, 15) is 0 Å². The topological polar surface area (TPSA) is 3.24 Å². The largest absolute Gasteiger partial charge is 0.314 e. The molecule has 0 atom stereocenters. The summed E-state index contributed by atoms with van der Waals surface area (Å²) in [5, 5.41) is 2.67. The van der Waals surface area contributed by atoms with Gasteiger partial charge in [-0.1, -0.05) is 154 Å². The number of nitrogens with zero attached hydrogens (tertiary/aromatic N) is 1. The summed E-state index contributed by atoms with van der Waals surface area (Å²) in [4.78, 5) is 2.50. The summed E-state index contributed by atoms with van der Waals surface area (Å²) in [5.74, 6) is 0. The van der Waals surface area contributed by atoms with Crippen molar-refractivity contribution in [2.75, 3.05) is 4.90 Å². The average Bonchev–Trinajstić information content (AvgIpc) is 3.39. The molecule has 6 bridgehead atoms. The second kappa shape index (κ2) is 13.2. The van der Waals surface area contributed by atoms with Crippen LogP contribution in [-0.4, -0.2) is 0 Å². The molecule has 8 aromatic rings. The van der Waals surface area contributed by atoms with Crippen LogP contribution in [-0.2, 0) is 5.41 Å². The van der Waals surface area contributed by atoms with E-state index in [4.69, 9.17) is 0 Å². The molecule has 2 heteroatoms. The molecule has 58 heavy (non-hydrogen) atoms. The summed E-state index contributed by atoms with van der Waals surface area (Å²) in [6, 6.07) is 55.3. The van der Waals surface area contributed by atoms with Crippen molar-refractivity contribution in [2.24, 2.45) is 0 Å². The molecule has 1 nitrogen and oxygen atoms in total. The van der Waals surface area contributed by atoms with Gasteiger partial charge in [-0.3, -0.25) is 0 Å². The van der Waals surface area contributed by atoms with Crippen LogP contribution in [0.2, 0.25) is 0 Å². The Labute approximate surface area is 344 Å². The van der Waals surface area contributed by atoms with E-state index in [0.717, 1.165) is 6.42 Å². The van der Waals surface area contributed by atoms with Gasteiger partial charge in [0.1, 0.15) is 0 Å². The number of fused-ring (bicyclic) bond motifs is 7. The first kappa shape index (κ1) is 33.9. The van der Waals surface area contributed by atoms with Crippen LogP contribution in [0.3, 0.4) is 0 Å². The quantitative estimate of drug-likeness (QED) is 0.169. The van der Waals surface area contributed by atoms with E-state index in [2.05, 4.69) is 182 Å². The molecule has 0 spiro atoms. The van der Waals surface area contributed by atoms with E-state index in [1.807, 2.05) is 11.3 Å². The van der Waals surface area contributed by atoms with Gasteiger partial charge in [-0.15, -0.1) is 11.3 Å². The van der Waals surface area contributed by atoms with Crippen LogP contribution < -0.4 is 4.90 Å². The second-order valence-corrected chi connectivity index (χ2v) is 18.0. The van der Waals surface area contributed by atoms with Crippen LogP contribution in [0, 0.1) is 0 Å². The highest BCUT2D eigenvalue weighted by molar-refractivity contribution is 7.25. The molecule has 7 aromatic carbocycles. The maximum absolute atomic E-state index is 2.50. The molecule has 4 aliphatic carbocycles. The Hall–Kier alpha value is -6.22. The minimum absolute atomic E-state index is 0.265. The average molecular weight is 762 g/mol. The Morgan fingerprint density at radius 1 is 0.500 bits per heavy atom. The van der Waals surface area contributed by atoms with Crippen LogP contribution >= 0.6 is 11.3 Å². The molecular formula is C56H43NS. The molecule has 4 aliphatic rings. The van der Waals surface area contributed by atoms with Gasteiger partial charge in [-0.2, -0.15) is 0 Å². The molecule has 0 aliphatic heterocycles. The van der Waals surface area contributed by atoms with Crippen LogP contribution in [0.4, 0.5) is 11.4 Å². The van der Waals surface area contributed by atoms with Gasteiger partial charge in [-0.05, 0) is 133 Å². The molecular weight excluding hydrogens is 719 g/mol. The normalized spacial score (nSPS) is 15.9. The van der Waals surface area contributed by atoms with Crippen molar-refractivity contribution in [2.45, 2.75) is 50.9 Å². The van der Waals surface area contributed by atoms with E-state index >= 15 is 0 Å². The molecule has 0 amide bonds. The lowest BCUT2D eigenvalue weighted by Crippen LogP contribution is -2.25. The molecule has 12 rings (SSSR count). The zero-order chi connectivity index (χ0) is 38.4. The van der Waals surface area contributed by atoms with Crippen LogP contribution in [0.1, 0.15) is 56.6 Å². The summed E-state index contributed by atoms with van der Waals surface area (Å²) in [6.07, 6.45) is 16.8. The first-order chi connectivity index (χ1) is 28.6. The molecule has 1 saturated carbocycles. The molecule has 278 valence electrons. The fourth-order valence-electron chi connectivity index (χ4n) is 10.6. The second-order valence-electron chi connectivity index (χ2n) is 16.9. The van der Waals surface area contributed by atoms with Gasteiger partial charge in [-0.25, -0.2) is 0 Å². The minimum Gasteiger partial charge on any atom is -0.314 e. The minimum atomic E-state index is 0.265. The summed E-state index contributed by atoms with van der Waals surface area (Å²) in [6.45, 7) is 2.47. The Morgan fingerprint density at radius 3 is 1.93 bits per heavy atom. The highest BCUT2D eigenvalue weighted by Gasteiger charge is 2.31. The lowest BCUT2D eigenvalue weighted by molar-refractivity contribution is 0.319. The number of rotatable bonds is 5. The molecule has 0 unspecified atom stereocenters. The summed E-state index contributed by atoms with van der Waals surface area (Å²) in [7, 11) is 0. The van der Waals surface area contributed by atoms with Crippen molar-refractivity contribution in [3.05, 3.63) is 187 Å². The molecule has 1 fully saturated rings. The first-order valence-electron chi connectivity index (χ1n) is 21.0. The number of allylic oxidation sites excluding steroid dienone is 5. The summed E-state index contributed by atoms with van der Waals surface area (Å²) >= 11 is 1.89. The summed E-state index contributed by atoms with van der Waals surface area (Å²) in [5.41, 5.74) is 21.1. The molecule has 1 heterocycles. The van der Waals surface area contributed by atoms with Crippen LogP contribution in [0.5, 0.6) is 0 Å². The lowest BCUT2D eigenvalue weighted by atomic mass is 9.71. The van der Waals surface area contributed by atoms with E-state index < -0.39 is 0 Å². The smallest absolute Gasteiger partial charge is 0.0473 e. The standard InChI is InChI=1S/C56H43NS/c1-56(32-7-2-8-33-56)38-24-27-40(28-25-38)57(41-29-31-45-44-15-5-6-21-52(44)58-53(45)35-41)39-13-9-12-36(22-26-39)37-23-30-43-48-18-11-19-49-50-20-10-17-47(55(50)51(43)34-37)42-14-3-4-16-46(42)54(48)49/h3-6,9-12,14-31,34-35H,2,7-8,13,32-33H2,1H3. The van der Waals surface area contributed by atoms with Crippen molar-refractivity contribution < 1.29 is 0 Å². The monoisotopic (exact) mass is 761 g/mol. The Balaban J connectivity index is 0.979. The fraction of sp³-hybridized carbons (Fsp3) is 0.143. The Bertz CT molecular complexity index is 3050. The first-order valence-corrected chi connectivity index (χ1v) is 21.8. The fourth-order valence-corrected chi connectivity index (χ4v) is 11.8. The van der Waals surface area contributed by atoms with Crippen LogP contribution in [0.25, 0.3) is 81.4 Å². The lowest BCUT2D eigenvalue weighted by Gasteiger charge is -2.35. The van der Waals surface area contributed by atoms with Gasteiger partial charge >= 0.3 is 0 Å². The van der Waals surface area contributed by atoms with Crippen molar-refractivity contribution in [1.29, 1.82) is 0 Å². The number of hydrogen-bond acceptors (Lipinski definition) is 2. The number of anilines is 2. The van der Waals surface area contributed by atoms with E-state index in [1.165, 1.54) is 142 Å². The Morgan fingerprint density at radius 2 is 1.14 bits per heavy atom. The Kier molecular flexibility index (Phi) is 7.69. The van der Waals surface area contributed by atoms with Gasteiger partial charge in [0, 0.05) is 43.7 Å². The predicted octanol–water partition coefficient (Wildman–Crippen LogP) is 16.3. The summed E-state index contributed by atoms with van der Waals surface area (Å²) < 4.78 is 2.66. The number of thiophene rings is 1. The number of benzene rings is 7. The van der Waals surface area contributed by atoms with Crippen molar-refractivity contribution in [3.63, 3.8) is 0 Å². The maximum Gasteiger partial charge on any atom is 0.0473 e. The van der Waals surface area contributed by atoms with Gasteiger partial charge in [0.05, 0.1) is 0 Å². The van der Waals surface area contributed by atoms with Gasteiger partial charge in [0.25, 0.3) is 0 Å². The predicted molar refractivity (Wildman–Crippen MR) is 249 cm³/mol. The van der Waals surface area contributed by atoms with Crippen molar-refractivity contribution >= 4 is 48.5 Å². The molecule has 1 aromatic heterocycles. The van der Waals surface area contributed by atoms with Gasteiger partial charge < -0.3 is 4.90 Å². The van der Waals surface area contributed by atoms with Gasteiger partial charge in [0.15, 0.2) is 0 Å². The third-order valence-electron chi connectivity index (χ3n) is 13.6. The van der Waals surface area contributed by atoms with Crippen molar-refractivity contribution in [3.8, 4) is 55.6 Å². The molecule has 0 saturated heterocycles. The van der Waals surface area contributed by atoms with E-state index in [1.54, 1.807) is 0 Å². The SMILES string of the molecule is CC1(c2ccc(N(C3=CC=C(c4ccc5c(c4)-c4c6cccc4-c4cccc-5c4-c4ccccc4-6)C=CC3)c3ccc4c(c3)sc3ccccc34)cc2)CCCCC1. The zero-order valence-corrected chi connectivity index (χ0v) is 33.6. The third-order valence-corrected chi connectivity index (χ3v) is 14.7. The van der Waals surface area contributed by atoms with Gasteiger partial charge in [0.2, 0.25) is 0 Å². The van der Waals surface area contributed by atoms with Crippen LogP contribution in [0.15, 0.2) is 176 Å². The third kappa shape index (κ3) is 5.21. The van der Waals surface area contributed by atoms with E-state index in [0.29, 0.717) is 0 Å². The molecule has 0 radical (unpaired) electrons. The number of hydrogen-bond donors (Lipinski definition) is 0. The highest BCUT2D eigenvalue weighted by Crippen LogP contribution is 2.57.